The number of benzene rings is 1. The molecule has 108 valence electrons. The summed E-state index contributed by atoms with van der Waals surface area (Å²) in [6.07, 6.45) is 2.39. The van der Waals surface area contributed by atoms with E-state index in [0.717, 1.165) is 30.6 Å². The number of halogens is 1. The van der Waals surface area contributed by atoms with Crippen molar-refractivity contribution in [3.63, 3.8) is 0 Å². The van der Waals surface area contributed by atoms with E-state index in [1.54, 1.807) is 0 Å². The monoisotopic (exact) mass is 300 g/mol. The van der Waals surface area contributed by atoms with Crippen molar-refractivity contribution >= 4 is 17.5 Å². The van der Waals surface area contributed by atoms with Gasteiger partial charge in [-0.15, -0.1) is 0 Å². The average molecular weight is 301 g/mol. The van der Waals surface area contributed by atoms with E-state index in [4.69, 9.17) is 11.6 Å². The van der Waals surface area contributed by atoms with Gasteiger partial charge in [0, 0.05) is 13.0 Å². The predicted octanol–water partition coefficient (Wildman–Crippen LogP) is 3.45. The number of carbonyl (C=O) groups excluding carboxylic acids is 1. The standard InChI is InChI=1S/C17H17ClN2O/c18-16-9-8-14(11-13-5-2-1-3-6-13)15(19-16)12-20-10-4-7-17(20)21/h1-3,5-6,8-9H,4,7,10-12H2. The van der Waals surface area contributed by atoms with E-state index >= 15 is 0 Å². The highest BCUT2D eigenvalue weighted by Gasteiger charge is 2.21. The summed E-state index contributed by atoms with van der Waals surface area (Å²) in [6.45, 7) is 1.37. The summed E-state index contributed by atoms with van der Waals surface area (Å²) in [5, 5.41) is 0.480. The molecule has 1 aliphatic rings. The molecule has 2 heterocycles. The first-order valence-electron chi connectivity index (χ1n) is 7.18. The zero-order valence-corrected chi connectivity index (χ0v) is 12.5. The van der Waals surface area contributed by atoms with Crippen LogP contribution < -0.4 is 0 Å². The van der Waals surface area contributed by atoms with Crippen LogP contribution in [0.1, 0.15) is 29.7 Å². The fraction of sp³-hybridized carbons (Fsp3) is 0.294. The number of amides is 1. The number of likely N-dealkylation sites (tertiary alicyclic amines) is 1. The Balaban J connectivity index is 1.84. The third-order valence-electron chi connectivity index (χ3n) is 3.78. The summed E-state index contributed by atoms with van der Waals surface area (Å²) in [7, 11) is 0. The smallest absolute Gasteiger partial charge is 0.222 e. The first-order chi connectivity index (χ1) is 10.2. The summed E-state index contributed by atoms with van der Waals surface area (Å²) in [5.41, 5.74) is 3.27. The molecule has 21 heavy (non-hydrogen) atoms. The highest BCUT2D eigenvalue weighted by molar-refractivity contribution is 6.29. The molecule has 2 aromatic rings. The number of carbonyl (C=O) groups is 1. The Hall–Kier alpha value is -1.87. The minimum atomic E-state index is 0.211. The van der Waals surface area contributed by atoms with Crippen LogP contribution >= 0.6 is 11.6 Å². The van der Waals surface area contributed by atoms with Crippen molar-refractivity contribution in [3.8, 4) is 0 Å². The van der Waals surface area contributed by atoms with E-state index < -0.39 is 0 Å². The van der Waals surface area contributed by atoms with E-state index in [1.807, 2.05) is 35.2 Å². The molecule has 3 nitrogen and oxygen atoms in total. The zero-order valence-electron chi connectivity index (χ0n) is 11.8. The van der Waals surface area contributed by atoms with Crippen LogP contribution in [0.15, 0.2) is 42.5 Å². The molecule has 0 unspecified atom stereocenters. The highest BCUT2D eigenvalue weighted by atomic mass is 35.5. The first kappa shape index (κ1) is 14.1. The number of aromatic nitrogens is 1. The molecule has 3 rings (SSSR count). The average Bonchev–Trinajstić information content (AvgIpc) is 2.88. The van der Waals surface area contributed by atoms with Crippen LogP contribution in [0.2, 0.25) is 5.15 Å². The molecule has 0 spiro atoms. The first-order valence-corrected chi connectivity index (χ1v) is 7.56. The minimum Gasteiger partial charge on any atom is -0.337 e. The number of pyridine rings is 1. The Kier molecular flexibility index (Phi) is 4.20. The third-order valence-corrected chi connectivity index (χ3v) is 3.99. The molecule has 0 saturated carbocycles. The lowest BCUT2D eigenvalue weighted by atomic mass is 10.0. The molecule has 0 bridgehead atoms. The van der Waals surface area contributed by atoms with Crippen molar-refractivity contribution in [2.75, 3.05) is 6.54 Å². The molecular weight excluding hydrogens is 284 g/mol. The van der Waals surface area contributed by atoms with Crippen molar-refractivity contribution in [3.05, 3.63) is 64.4 Å². The van der Waals surface area contributed by atoms with E-state index in [-0.39, 0.29) is 5.91 Å². The lowest BCUT2D eigenvalue weighted by molar-refractivity contribution is -0.128. The van der Waals surface area contributed by atoms with Gasteiger partial charge < -0.3 is 4.90 Å². The van der Waals surface area contributed by atoms with E-state index in [9.17, 15) is 4.79 Å². The fourth-order valence-electron chi connectivity index (χ4n) is 2.67. The van der Waals surface area contributed by atoms with Gasteiger partial charge in [-0.1, -0.05) is 48.0 Å². The number of rotatable bonds is 4. The van der Waals surface area contributed by atoms with Gasteiger partial charge >= 0.3 is 0 Å². The highest BCUT2D eigenvalue weighted by Crippen LogP contribution is 2.20. The molecular formula is C17H17ClN2O. The lowest BCUT2D eigenvalue weighted by Gasteiger charge is -2.17. The van der Waals surface area contributed by atoms with Crippen molar-refractivity contribution < 1.29 is 4.79 Å². The van der Waals surface area contributed by atoms with Gasteiger partial charge in [-0.3, -0.25) is 4.79 Å². The molecule has 4 heteroatoms. The van der Waals surface area contributed by atoms with Gasteiger partial charge in [0.2, 0.25) is 5.91 Å². The second-order valence-electron chi connectivity index (χ2n) is 5.32. The Labute approximate surface area is 129 Å². The van der Waals surface area contributed by atoms with Crippen LogP contribution in [0.5, 0.6) is 0 Å². The van der Waals surface area contributed by atoms with Gasteiger partial charge in [0.05, 0.1) is 12.2 Å². The molecule has 0 aliphatic carbocycles. The topological polar surface area (TPSA) is 33.2 Å². The number of hydrogen-bond acceptors (Lipinski definition) is 2. The van der Waals surface area contributed by atoms with Gasteiger partial charge in [0.15, 0.2) is 0 Å². The van der Waals surface area contributed by atoms with E-state index in [1.165, 1.54) is 5.56 Å². The Bertz CT molecular complexity index is 642. The van der Waals surface area contributed by atoms with Crippen LogP contribution in [0.4, 0.5) is 0 Å². The quantitative estimate of drug-likeness (QED) is 0.810. The van der Waals surface area contributed by atoms with Crippen LogP contribution in [-0.4, -0.2) is 22.3 Å². The van der Waals surface area contributed by atoms with Crippen molar-refractivity contribution in [1.82, 2.24) is 9.88 Å². The van der Waals surface area contributed by atoms with Crippen LogP contribution in [0.3, 0.4) is 0 Å². The number of hydrogen-bond donors (Lipinski definition) is 0. The summed E-state index contributed by atoms with van der Waals surface area (Å²) in [4.78, 5) is 18.1. The van der Waals surface area contributed by atoms with Crippen LogP contribution in [-0.2, 0) is 17.8 Å². The van der Waals surface area contributed by atoms with Gasteiger partial charge in [-0.2, -0.15) is 0 Å². The van der Waals surface area contributed by atoms with Gasteiger partial charge in [0.25, 0.3) is 0 Å². The molecule has 1 saturated heterocycles. The molecule has 0 N–H and O–H groups in total. The Morgan fingerprint density at radius 2 is 1.95 bits per heavy atom. The Morgan fingerprint density at radius 1 is 1.14 bits per heavy atom. The second-order valence-corrected chi connectivity index (χ2v) is 5.71. The molecule has 0 radical (unpaired) electrons. The van der Waals surface area contributed by atoms with Gasteiger partial charge in [-0.05, 0) is 30.0 Å². The van der Waals surface area contributed by atoms with E-state index in [0.29, 0.717) is 18.1 Å². The maximum absolute atomic E-state index is 11.8. The SMILES string of the molecule is O=C1CCCN1Cc1nc(Cl)ccc1Cc1ccccc1. The summed E-state index contributed by atoms with van der Waals surface area (Å²) < 4.78 is 0. The van der Waals surface area contributed by atoms with Crippen molar-refractivity contribution in [2.24, 2.45) is 0 Å². The molecule has 1 fully saturated rings. The summed E-state index contributed by atoms with van der Waals surface area (Å²) in [6, 6.07) is 14.1. The van der Waals surface area contributed by atoms with Gasteiger partial charge in [0.1, 0.15) is 5.15 Å². The fourth-order valence-corrected chi connectivity index (χ4v) is 2.83. The maximum atomic E-state index is 11.8. The van der Waals surface area contributed by atoms with Crippen LogP contribution in [0.25, 0.3) is 0 Å². The van der Waals surface area contributed by atoms with Crippen LogP contribution in [0, 0.1) is 0 Å². The molecule has 1 aromatic carbocycles. The third kappa shape index (κ3) is 3.42. The predicted molar refractivity (Wildman–Crippen MR) is 83.1 cm³/mol. The second kappa shape index (κ2) is 6.27. The summed E-state index contributed by atoms with van der Waals surface area (Å²) in [5.74, 6) is 0.211. The van der Waals surface area contributed by atoms with E-state index in [2.05, 4.69) is 17.1 Å². The maximum Gasteiger partial charge on any atom is 0.222 e. The normalized spacial score (nSPS) is 14.7. The largest absolute Gasteiger partial charge is 0.337 e. The van der Waals surface area contributed by atoms with Crippen molar-refractivity contribution in [1.29, 1.82) is 0 Å². The Morgan fingerprint density at radius 3 is 2.67 bits per heavy atom. The van der Waals surface area contributed by atoms with Gasteiger partial charge in [-0.25, -0.2) is 4.98 Å². The molecule has 0 atom stereocenters. The minimum absolute atomic E-state index is 0.211. The van der Waals surface area contributed by atoms with Crippen molar-refractivity contribution in [2.45, 2.75) is 25.8 Å². The summed E-state index contributed by atoms with van der Waals surface area (Å²) >= 11 is 6.03. The molecule has 1 amide bonds. The lowest BCUT2D eigenvalue weighted by Crippen LogP contribution is -2.25. The molecule has 1 aliphatic heterocycles. The molecule has 1 aromatic heterocycles. The zero-order chi connectivity index (χ0) is 14.7. The number of nitrogens with zero attached hydrogens (tertiary/aromatic N) is 2.